The Morgan fingerprint density at radius 2 is 1.12 bits per heavy atom. The minimum Gasteiger partial charge on any atom is -0.203 e. The van der Waals surface area contributed by atoms with E-state index >= 15 is 0 Å². The standard InChI is InChI=1S/C24H24F2/c1-3-5-17-7-10-19(11-8-17)23(25)24(26)22-14-13-20-15-18(6-4-2)9-12-21(20)16-22/h7-16H,3-6H2,1-2H3. The first-order chi connectivity index (χ1) is 12.6. The van der Waals surface area contributed by atoms with E-state index in [1.807, 2.05) is 24.3 Å². The van der Waals surface area contributed by atoms with E-state index in [0.717, 1.165) is 42.0 Å². The number of rotatable bonds is 6. The lowest BCUT2D eigenvalue weighted by molar-refractivity contribution is 0.700. The molecule has 0 radical (unpaired) electrons. The molecule has 3 aromatic carbocycles. The first-order valence-corrected chi connectivity index (χ1v) is 9.30. The van der Waals surface area contributed by atoms with Crippen molar-refractivity contribution in [1.29, 1.82) is 0 Å². The van der Waals surface area contributed by atoms with E-state index in [-0.39, 0.29) is 11.1 Å². The highest BCUT2D eigenvalue weighted by molar-refractivity contribution is 5.90. The molecule has 0 spiro atoms. The number of hydrogen-bond acceptors (Lipinski definition) is 0. The molecule has 0 bridgehead atoms. The summed E-state index contributed by atoms with van der Waals surface area (Å²) in [5, 5.41) is 1.97. The summed E-state index contributed by atoms with van der Waals surface area (Å²) in [6, 6.07) is 18.4. The summed E-state index contributed by atoms with van der Waals surface area (Å²) in [5.74, 6) is -1.62. The van der Waals surface area contributed by atoms with Gasteiger partial charge in [-0.1, -0.05) is 81.3 Å². The minimum atomic E-state index is -0.812. The molecule has 26 heavy (non-hydrogen) atoms. The lowest BCUT2D eigenvalue weighted by Gasteiger charge is -2.07. The van der Waals surface area contributed by atoms with Crippen molar-refractivity contribution in [3.63, 3.8) is 0 Å². The van der Waals surface area contributed by atoms with Gasteiger partial charge < -0.3 is 0 Å². The molecular weight excluding hydrogens is 326 g/mol. The molecule has 0 N–H and O–H groups in total. The fraction of sp³-hybridized carbons (Fsp3) is 0.250. The average molecular weight is 350 g/mol. The molecule has 0 aliphatic heterocycles. The number of benzene rings is 3. The summed E-state index contributed by atoms with van der Waals surface area (Å²) < 4.78 is 29.3. The second kappa shape index (κ2) is 8.27. The van der Waals surface area contributed by atoms with Gasteiger partial charge in [0.2, 0.25) is 0 Å². The maximum absolute atomic E-state index is 14.7. The third-order valence-electron chi connectivity index (χ3n) is 4.64. The Balaban J connectivity index is 1.93. The number of hydrogen-bond donors (Lipinski definition) is 0. The summed E-state index contributed by atoms with van der Waals surface area (Å²) >= 11 is 0. The van der Waals surface area contributed by atoms with Crippen LogP contribution in [-0.2, 0) is 12.8 Å². The van der Waals surface area contributed by atoms with Crippen LogP contribution in [0.4, 0.5) is 8.78 Å². The van der Waals surface area contributed by atoms with E-state index in [9.17, 15) is 8.78 Å². The van der Waals surface area contributed by atoms with Gasteiger partial charge in [0, 0.05) is 11.1 Å². The molecule has 0 aliphatic carbocycles. The third kappa shape index (κ3) is 4.01. The Morgan fingerprint density at radius 1 is 0.615 bits per heavy atom. The van der Waals surface area contributed by atoms with Crippen LogP contribution in [0.5, 0.6) is 0 Å². The van der Waals surface area contributed by atoms with Crippen LogP contribution in [0.15, 0.2) is 60.7 Å². The fourth-order valence-electron chi connectivity index (χ4n) is 3.24. The molecule has 134 valence electrons. The van der Waals surface area contributed by atoms with Crippen molar-refractivity contribution in [3.8, 4) is 0 Å². The Hall–Kier alpha value is -2.48. The molecule has 0 aromatic heterocycles. The molecule has 0 nitrogen and oxygen atoms in total. The van der Waals surface area contributed by atoms with Gasteiger partial charge in [-0.15, -0.1) is 0 Å². The SMILES string of the molecule is CCCc1ccc(C(F)=C(F)c2ccc3cc(CCC)ccc3c2)cc1. The molecule has 2 heteroatoms. The summed E-state index contributed by atoms with van der Waals surface area (Å²) in [5.41, 5.74) is 2.96. The van der Waals surface area contributed by atoms with E-state index < -0.39 is 11.7 Å². The third-order valence-corrected chi connectivity index (χ3v) is 4.64. The first kappa shape index (κ1) is 18.3. The largest absolute Gasteiger partial charge is 0.203 e. The molecule has 0 atom stereocenters. The maximum Gasteiger partial charge on any atom is 0.166 e. The normalized spacial score (nSPS) is 12.3. The van der Waals surface area contributed by atoms with E-state index in [2.05, 4.69) is 26.0 Å². The van der Waals surface area contributed by atoms with Crippen LogP contribution in [0.3, 0.4) is 0 Å². The van der Waals surface area contributed by atoms with Gasteiger partial charge in [0.25, 0.3) is 0 Å². The van der Waals surface area contributed by atoms with Gasteiger partial charge in [-0.05, 0) is 40.8 Å². The van der Waals surface area contributed by atoms with Crippen molar-refractivity contribution in [3.05, 3.63) is 82.9 Å². The van der Waals surface area contributed by atoms with Gasteiger partial charge in [0.05, 0.1) is 0 Å². The van der Waals surface area contributed by atoms with Crippen molar-refractivity contribution in [2.45, 2.75) is 39.5 Å². The van der Waals surface area contributed by atoms with Crippen LogP contribution in [0.2, 0.25) is 0 Å². The molecule has 0 saturated heterocycles. The molecule has 0 amide bonds. The molecule has 0 aliphatic rings. The Morgan fingerprint density at radius 3 is 1.81 bits per heavy atom. The first-order valence-electron chi connectivity index (χ1n) is 9.30. The topological polar surface area (TPSA) is 0 Å². The smallest absolute Gasteiger partial charge is 0.166 e. The second-order valence-electron chi connectivity index (χ2n) is 6.72. The van der Waals surface area contributed by atoms with Crippen molar-refractivity contribution in [1.82, 2.24) is 0 Å². The molecule has 3 aromatic rings. The summed E-state index contributed by atoms with van der Waals surface area (Å²) in [4.78, 5) is 0. The van der Waals surface area contributed by atoms with Gasteiger partial charge in [0.1, 0.15) is 0 Å². The summed E-state index contributed by atoms with van der Waals surface area (Å²) in [6.45, 7) is 4.24. The highest BCUT2D eigenvalue weighted by Gasteiger charge is 2.12. The predicted octanol–water partition coefficient (Wildman–Crippen LogP) is 7.51. The quantitative estimate of drug-likeness (QED) is 0.403. The Kier molecular flexibility index (Phi) is 5.82. The van der Waals surface area contributed by atoms with Crippen LogP contribution in [0.1, 0.15) is 48.9 Å². The molecule has 0 fully saturated rings. The summed E-state index contributed by atoms with van der Waals surface area (Å²) in [6.07, 6.45) is 4.08. The van der Waals surface area contributed by atoms with Crippen molar-refractivity contribution < 1.29 is 8.78 Å². The highest BCUT2D eigenvalue weighted by Crippen LogP contribution is 2.31. The monoisotopic (exact) mass is 350 g/mol. The van der Waals surface area contributed by atoms with Gasteiger partial charge in [-0.2, -0.15) is 0 Å². The van der Waals surface area contributed by atoms with Crippen LogP contribution in [0.25, 0.3) is 22.4 Å². The second-order valence-corrected chi connectivity index (χ2v) is 6.72. The number of halogens is 2. The zero-order chi connectivity index (χ0) is 18.5. The molecular formula is C24H24F2. The van der Waals surface area contributed by atoms with E-state index in [0.29, 0.717) is 0 Å². The number of aryl methyl sites for hydroxylation is 2. The van der Waals surface area contributed by atoms with Crippen LogP contribution in [-0.4, -0.2) is 0 Å². The zero-order valence-electron chi connectivity index (χ0n) is 15.4. The van der Waals surface area contributed by atoms with Crippen LogP contribution < -0.4 is 0 Å². The molecule has 0 saturated carbocycles. The van der Waals surface area contributed by atoms with Crippen LogP contribution in [0, 0.1) is 0 Å². The van der Waals surface area contributed by atoms with Crippen molar-refractivity contribution >= 4 is 22.4 Å². The zero-order valence-corrected chi connectivity index (χ0v) is 15.4. The minimum absolute atomic E-state index is 0.274. The fourth-order valence-corrected chi connectivity index (χ4v) is 3.24. The molecule has 0 heterocycles. The van der Waals surface area contributed by atoms with E-state index in [4.69, 9.17) is 0 Å². The lowest BCUT2D eigenvalue weighted by atomic mass is 10.0. The molecule has 3 rings (SSSR count). The number of fused-ring (bicyclic) bond motifs is 1. The average Bonchev–Trinajstić information content (AvgIpc) is 2.67. The van der Waals surface area contributed by atoms with Crippen molar-refractivity contribution in [2.75, 3.05) is 0 Å². The molecule has 0 unspecified atom stereocenters. The van der Waals surface area contributed by atoms with Gasteiger partial charge in [-0.3, -0.25) is 0 Å². The van der Waals surface area contributed by atoms with Gasteiger partial charge in [0.15, 0.2) is 11.7 Å². The predicted molar refractivity (Wildman–Crippen MR) is 107 cm³/mol. The highest BCUT2D eigenvalue weighted by atomic mass is 19.2. The maximum atomic E-state index is 14.7. The van der Waals surface area contributed by atoms with Gasteiger partial charge in [-0.25, -0.2) is 8.78 Å². The van der Waals surface area contributed by atoms with Crippen molar-refractivity contribution in [2.24, 2.45) is 0 Å². The van der Waals surface area contributed by atoms with Crippen LogP contribution >= 0.6 is 0 Å². The van der Waals surface area contributed by atoms with Gasteiger partial charge >= 0.3 is 0 Å². The Bertz CT molecular complexity index is 921. The lowest BCUT2D eigenvalue weighted by Crippen LogP contribution is -1.88. The van der Waals surface area contributed by atoms with E-state index in [1.165, 1.54) is 5.56 Å². The van der Waals surface area contributed by atoms with E-state index in [1.54, 1.807) is 24.3 Å². The Labute approximate surface area is 154 Å². The summed E-state index contributed by atoms with van der Waals surface area (Å²) in [7, 11) is 0.